The van der Waals surface area contributed by atoms with Crippen LogP contribution >= 0.6 is 0 Å². The molecule has 124 valence electrons. The number of rotatable bonds is 3. The fourth-order valence-electron chi connectivity index (χ4n) is 2.84. The molecular weight excluding hydrogens is 306 g/mol. The minimum atomic E-state index is -0.991. The second kappa shape index (κ2) is 6.74. The van der Waals surface area contributed by atoms with Crippen molar-refractivity contribution in [3.63, 3.8) is 0 Å². The van der Waals surface area contributed by atoms with Crippen LogP contribution in [-0.2, 0) is 17.8 Å². The second-order valence-electron chi connectivity index (χ2n) is 5.97. The van der Waals surface area contributed by atoms with Crippen LogP contribution < -0.4 is 4.74 Å². The summed E-state index contributed by atoms with van der Waals surface area (Å²) in [6.07, 6.45) is 0.174. The van der Waals surface area contributed by atoms with Crippen LogP contribution in [0.15, 0.2) is 48.5 Å². The molecule has 3 rings (SSSR count). The number of carbonyl (C=O) groups is 2. The van der Waals surface area contributed by atoms with Gasteiger partial charge in [0.25, 0.3) is 0 Å². The third-order valence-electron chi connectivity index (χ3n) is 4.18. The highest BCUT2D eigenvalue weighted by Crippen LogP contribution is 2.25. The molecule has 0 bridgehead atoms. The Hall–Kier alpha value is -2.82. The van der Waals surface area contributed by atoms with Crippen molar-refractivity contribution in [2.45, 2.75) is 25.9 Å². The largest absolute Gasteiger partial charge is 0.491 e. The number of fused-ring (bicyclic) bond motifs is 1. The zero-order chi connectivity index (χ0) is 17.1. The molecule has 1 atom stereocenters. The quantitative estimate of drug-likeness (QED) is 0.942. The molecule has 24 heavy (non-hydrogen) atoms. The summed E-state index contributed by atoms with van der Waals surface area (Å²) in [6, 6.07) is 14.2. The Morgan fingerprint density at radius 1 is 1.21 bits per heavy atom. The third-order valence-corrected chi connectivity index (χ3v) is 4.18. The molecule has 0 aliphatic carbocycles. The first-order valence-corrected chi connectivity index (χ1v) is 7.87. The molecule has 2 aromatic rings. The lowest BCUT2D eigenvalue weighted by Crippen LogP contribution is -2.40. The van der Waals surface area contributed by atoms with E-state index < -0.39 is 5.97 Å². The number of carboxylic acids is 1. The van der Waals surface area contributed by atoms with E-state index in [-0.39, 0.29) is 23.9 Å². The van der Waals surface area contributed by atoms with Crippen LogP contribution in [0.3, 0.4) is 0 Å². The predicted octanol–water partition coefficient (Wildman–Crippen LogP) is 2.74. The van der Waals surface area contributed by atoms with E-state index in [2.05, 4.69) is 0 Å². The molecular formula is C19H19NO4. The van der Waals surface area contributed by atoms with E-state index in [4.69, 9.17) is 9.84 Å². The van der Waals surface area contributed by atoms with Gasteiger partial charge in [-0.2, -0.15) is 0 Å². The summed E-state index contributed by atoms with van der Waals surface area (Å²) in [5.41, 5.74) is 1.87. The molecule has 1 amide bonds. The predicted molar refractivity (Wildman–Crippen MR) is 89.1 cm³/mol. The van der Waals surface area contributed by atoms with Crippen LogP contribution in [0.25, 0.3) is 0 Å². The van der Waals surface area contributed by atoms with Crippen molar-refractivity contribution in [2.24, 2.45) is 0 Å². The fourth-order valence-corrected chi connectivity index (χ4v) is 2.84. The molecule has 0 radical (unpaired) electrons. The molecule has 1 N–H and O–H groups in total. The average Bonchev–Trinajstić information content (AvgIpc) is 2.74. The van der Waals surface area contributed by atoms with E-state index >= 15 is 0 Å². The first kappa shape index (κ1) is 16.1. The molecule has 1 aliphatic heterocycles. The number of aromatic carboxylic acids is 1. The molecule has 5 nitrogen and oxygen atoms in total. The lowest BCUT2D eigenvalue weighted by molar-refractivity contribution is -0.133. The molecule has 5 heteroatoms. The van der Waals surface area contributed by atoms with E-state index in [0.29, 0.717) is 18.7 Å². The molecule has 0 aromatic heterocycles. The third kappa shape index (κ3) is 3.40. The molecule has 0 saturated carbocycles. The Morgan fingerprint density at radius 3 is 2.79 bits per heavy atom. The zero-order valence-corrected chi connectivity index (χ0v) is 13.4. The molecule has 1 unspecified atom stereocenters. The van der Waals surface area contributed by atoms with E-state index in [1.54, 1.807) is 23.1 Å². The van der Waals surface area contributed by atoms with E-state index in [0.717, 1.165) is 11.3 Å². The van der Waals surface area contributed by atoms with Crippen LogP contribution in [-0.4, -0.2) is 34.5 Å². The lowest BCUT2D eigenvalue weighted by Gasteiger charge is -2.26. The first-order chi connectivity index (χ1) is 11.5. The van der Waals surface area contributed by atoms with Gasteiger partial charge in [0, 0.05) is 12.1 Å². The van der Waals surface area contributed by atoms with Gasteiger partial charge in [0.2, 0.25) is 5.91 Å². The Bertz CT molecular complexity index is 771. The number of carboxylic acid groups (broad SMARTS) is 1. The number of para-hydroxylation sites is 1. The topological polar surface area (TPSA) is 66.8 Å². The smallest absolute Gasteiger partial charge is 0.335 e. The van der Waals surface area contributed by atoms with Gasteiger partial charge in [0.1, 0.15) is 12.4 Å². The first-order valence-electron chi connectivity index (χ1n) is 7.87. The van der Waals surface area contributed by atoms with Crippen LogP contribution in [0.1, 0.15) is 28.4 Å². The van der Waals surface area contributed by atoms with Crippen LogP contribution in [0.4, 0.5) is 0 Å². The van der Waals surface area contributed by atoms with Crippen molar-refractivity contribution >= 4 is 11.9 Å². The van der Waals surface area contributed by atoms with Crippen molar-refractivity contribution in [3.05, 3.63) is 65.2 Å². The van der Waals surface area contributed by atoms with Gasteiger partial charge in [-0.05, 0) is 30.7 Å². The van der Waals surface area contributed by atoms with Crippen molar-refractivity contribution < 1.29 is 19.4 Å². The summed E-state index contributed by atoms with van der Waals surface area (Å²) in [4.78, 5) is 25.6. The maximum absolute atomic E-state index is 12.7. The maximum Gasteiger partial charge on any atom is 0.335 e. The zero-order valence-electron chi connectivity index (χ0n) is 13.4. The van der Waals surface area contributed by atoms with Gasteiger partial charge in [-0.15, -0.1) is 0 Å². The Labute approximate surface area is 140 Å². The molecule has 0 spiro atoms. The summed E-state index contributed by atoms with van der Waals surface area (Å²) < 4.78 is 5.77. The van der Waals surface area contributed by atoms with Gasteiger partial charge in [0.15, 0.2) is 0 Å². The number of amides is 1. The molecule has 0 saturated heterocycles. The highest BCUT2D eigenvalue weighted by molar-refractivity contribution is 5.88. The van der Waals surface area contributed by atoms with Crippen molar-refractivity contribution in [3.8, 4) is 5.75 Å². The monoisotopic (exact) mass is 325 g/mol. The number of ether oxygens (including phenoxy) is 1. The summed E-state index contributed by atoms with van der Waals surface area (Å²) in [5.74, 6) is -0.215. The number of hydrogen-bond donors (Lipinski definition) is 1. The SMILES string of the molecule is CC1COc2ccccc2CN1C(=O)Cc1cccc(C(=O)O)c1. The Balaban J connectivity index is 1.79. The molecule has 2 aromatic carbocycles. The van der Waals surface area contributed by atoms with E-state index in [1.807, 2.05) is 31.2 Å². The van der Waals surface area contributed by atoms with E-state index in [1.165, 1.54) is 6.07 Å². The van der Waals surface area contributed by atoms with Gasteiger partial charge in [-0.25, -0.2) is 4.79 Å². The molecule has 1 aliphatic rings. The summed E-state index contributed by atoms with van der Waals surface area (Å²) in [6.45, 7) is 2.89. The summed E-state index contributed by atoms with van der Waals surface area (Å²) in [5, 5.41) is 9.07. The van der Waals surface area contributed by atoms with Crippen LogP contribution in [0.2, 0.25) is 0 Å². The van der Waals surface area contributed by atoms with Gasteiger partial charge in [-0.1, -0.05) is 30.3 Å². The maximum atomic E-state index is 12.7. The Kier molecular flexibility index (Phi) is 4.51. The van der Waals surface area contributed by atoms with Gasteiger partial charge < -0.3 is 14.7 Å². The summed E-state index contributed by atoms with van der Waals surface area (Å²) in [7, 11) is 0. The van der Waals surface area contributed by atoms with Gasteiger partial charge in [0.05, 0.1) is 18.0 Å². The fraction of sp³-hybridized carbons (Fsp3) is 0.263. The van der Waals surface area contributed by atoms with Gasteiger partial charge >= 0.3 is 5.97 Å². The standard InChI is InChI=1S/C19H19NO4/c1-13-12-24-17-8-3-2-6-16(17)11-20(13)18(21)10-14-5-4-7-15(9-14)19(22)23/h2-9,13H,10-12H2,1H3,(H,22,23). The number of hydrogen-bond acceptors (Lipinski definition) is 3. The Morgan fingerprint density at radius 2 is 2.00 bits per heavy atom. The van der Waals surface area contributed by atoms with Crippen molar-refractivity contribution in [1.29, 1.82) is 0 Å². The minimum absolute atomic E-state index is 0.0367. The minimum Gasteiger partial charge on any atom is -0.491 e. The highest BCUT2D eigenvalue weighted by Gasteiger charge is 2.25. The molecule has 1 heterocycles. The van der Waals surface area contributed by atoms with Crippen LogP contribution in [0, 0.1) is 0 Å². The molecule has 0 fully saturated rings. The second-order valence-corrected chi connectivity index (χ2v) is 5.97. The van der Waals surface area contributed by atoms with Crippen molar-refractivity contribution in [1.82, 2.24) is 4.90 Å². The van der Waals surface area contributed by atoms with Crippen LogP contribution in [0.5, 0.6) is 5.75 Å². The number of benzene rings is 2. The average molecular weight is 325 g/mol. The lowest BCUT2D eigenvalue weighted by atomic mass is 10.1. The number of carbonyl (C=O) groups excluding carboxylic acids is 1. The number of nitrogens with zero attached hydrogens (tertiary/aromatic N) is 1. The van der Waals surface area contributed by atoms with Crippen molar-refractivity contribution in [2.75, 3.05) is 6.61 Å². The van der Waals surface area contributed by atoms with E-state index in [9.17, 15) is 9.59 Å². The van der Waals surface area contributed by atoms with Gasteiger partial charge in [-0.3, -0.25) is 4.79 Å². The highest BCUT2D eigenvalue weighted by atomic mass is 16.5. The summed E-state index contributed by atoms with van der Waals surface area (Å²) >= 11 is 0. The normalized spacial score (nSPS) is 16.7.